The molecule has 2 atom stereocenters. The molecule has 4 heteroatoms. The van der Waals surface area contributed by atoms with Gasteiger partial charge >= 0.3 is 0 Å². The number of benzene rings is 1. The van der Waals surface area contributed by atoms with Crippen LogP contribution in [-0.2, 0) is 15.1 Å². The summed E-state index contributed by atoms with van der Waals surface area (Å²) in [5.74, 6) is 0. The average molecular weight is 366 g/mol. The molecule has 0 aromatic heterocycles. The van der Waals surface area contributed by atoms with Gasteiger partial charge in [0.05, 0.1) is 12.7 Å². The van der Waals surface area contributed by atoms with Crippen molar-refractivity contribution in [3.8, 4) is 0 Å². The Morgan fingerprint density at radius 2 is 2.00 bits per heavy atom. The van der Waals surface area contributed by atoms with Gasteiger partial charge < -0.3 is 9.47 Å². The molecular formula is C13H18Br2O2. The van der Waals surface area contributed by atoms with Crippen molar-refractivity contribution in [2.24, 2.45) is 0 Å². The highest BCUT2D eigenvalue weighted by Gasteiger charge is 2.30. The summed E-state index contributed by atoms with van der Waals surface area (Å²) in [7, 11) is 1.68. The normalized spacial score (nSPS) is 16.5. The van der Waals surface area contributed by atoms with Crippen LogP contribution in [0.5, 0.6) is 0 Å². The van der Waals surface area contributed by atoms with E-state index in [-0.39, 0.29) is 11.7 Å². The average Bonchev–Trinajstić information content (AvgIpc) is 2.29. The van der Waals surface area contributed by atoms with Crippen molar-refractivity contribution in [3.05, 3.63) is 34.3 Å². The topological polar surface area (TPSA) is 18.5 Å². The first-order chi connectivity index (χ1) is 8.03. The van der Waals surface area contributed by atoms with E-state index < -0.39 is 0 Å². The molecule has 0 aliphatic rings. The molecule has 1 aromatic rings. The van der Waals surface area contributed by atoms with Crippen LogP contribution < -0.4 is 0 Å². The van der Waals surface area contributed by atoms with Gasteiger partial charge in [-0.1, -0.05) is 50.1 Å². The number of hydrogen-bond donors (Lipinski definition) is 0. The van der Waals surface area contributed by atoms with Crippen molar-refractivity contribution in [3.63, 3.8) is 0 Å². The molecule has 2 nitrogen and oxygen atoms in total. The van der Waals surface area contributed by atoms with Gasteiger partial charge in [0, 0.05) is 16.9 Å². The van der Waals surface area contributed by atoms with Crippen LogP contribution in [0.2, 0.25) is 0 Å². The number of halogens is 2. The summed E-state index contributed by atoms with van der Waals surface area (Å²) in [6.45, 7) is 4.68. The first kappa shape index (κ1) is 15.2. The highest BCUT2D eigenvalue weighted by molar-refractivity contribution is 9.10. The van der Waals surface area contributed by atoms with E-state index in [1.807, 2.05) is 25.1 Å². The Kier molecular flexibility index (Phi) is 6.13. The van der Waals surface area contributed by atoms with E-state index in [0.717, 1.165) is 15.4 Å². The van der Waals surface area contributed by atoms with Crippen molar-refractivity contribution in [2.75, 3.05) is 19.0 Å². The van der Waals surface area contributed by atoms with E-state index in [0.29, 0.717) is 6.61 Å². The summed E-state index contributed by atoms with van der Waals surface area (Å²) >= 11 is 7.11. The molecule has 1 rings (SSSR count). The molecule has 0 spiro atoms. The Hall–Kier alpha value is 0.1000. The van der Waals surface area contributed by atoms with E-state index in [2.05, 4.69) is 44.8 Å². The molecule has 0 amide bonds. The Morgan fingerprint density at radius 3 is 2.53 bits per heavy atom. The standard InChI is InChI=1S/C13H18Br2O2/c1-10(8-16-3)17-13(2,9-14)11-6-4-5-7-12(11)15/h4-7,10H,8-9H2,1-3H3. The monoisotopic (exact) mass is 364 g/mol. The lowest BCUT2D eigenvalue weighted by Crippen LogP contribution is -2.34. The molecule has 0 heterocycles. The number of alkyl halides is 1. The van der Waals surface area contributed by atoms with E-state index >= 15 is 0 Å². The van der Waals surface area contributed by atoms with Gasteiger partial charge in [0.1, 0.15) is 5.60 Å². The minimum absolute atomic E-state index is 0.0506. The zero-order valence-electron chi connectivity index (χ0n) is 10.4. The summed E-state index contributed by atoms with van der Waals surface area (Å²) in [5, 5.41) is 0.733. The van der Waals surface area contributed by atoms with E-state index in [4.69, 9.17) is 9.47 Å². The van der Waals surface area contributed by atoms with Gasteiger partial charge in [0.15, 0.2) is 0 Å². The number of hydrogen-bond acceptors (Lipinski definition) is 2. The molecular weight excluding hydrogens is 348 g/mol. The Balaban J connectivity index is 2.92. The van der Waals surface area contributed by atoms with E-state index in [9.17, 15) is 0 Å². The minimum Gasteiger partial charge on any atom is -0.382 e. The second-order valence-corrected chi connectivity index (χ2v) is 5.64. The summed E-state index contributed by atoms with van der Waals surface area (Å²) in [6.07, 6.45) is 0.0506. The van der Waals surface area contributed by atoms with Crippen molar-refractivity contribution < 1.29 is 9.47 Å². The second kappa shape index (κ2) is 6.88. The second-order valence-electron chi connectivity index (χ2n) is 4.23. The maximum atomic E-state index is 6.09. The van der Waals surface area contributed by atoms with Gasteiger partial charge in [-0.2, -0.15) is 0 Å². The summed E-state index contributed by atoms with van der Waals surface area (Å²) < 4.78 is 12.3. The van der Waals surface area contributed by atoms with Crippen molar-refractivity contribution in [2.45, 2.75) is 25.6 Å². The van der Waals surface area contributed by atoms with Gasteiger partial charge in [-0.05, 0) is 25.5 Å². The predicted molar refractivity (Wildman–Crippen MR) is 77.7 cm³/mol. The SMILES string of the molecule is COCC(C)OC(C)(CBr)c1ccccc1Br. The highest BCUT2D eigenvalue weighted by atomic mass is 79.9. The number of rotatable bonds is 6. The van der Waals surface area contributed by atoms with Crippen molar-refractivity contribution >= 4 is 31.9 Å². The van der Waals surface area contributed by atoms with Crippen LogP contribution in [0.3, 0.4) is 0 Å². The van der Waals surface area contributed by atoms with Crippen molar-refractivity contribution in [1.82, 2.24) is 0 Å². The molecule has 0 bridgehead atoms. The van der Waals surface area contributed by atoms with Gasteiger partial charge in [0.2, 0.25) is 0 Å². The smallest absolute Gasteiger partial charge is 0.101 e. The fourth-order valence-electron chi connectivity index (χ4n) is 1.77. The molecule has 0 aliphatic carbocycles. The van der Waals surface area contributed by atoms with Crippen LogP contribution in [0.4, 0.5) is 0 Å². The summed E-state index contributed by atoms with van der Waals surface area (Å²) in [4.78, 5) is 0. The van der Waals surface area contributed by atoms with Gasteiger partial charge in [-0.3, -0.25) is 0 Å². The predicted octanol–water partition coefficient (Wildman–Crippen LogP) is 4.11. The Bertz CT molecular complexity index is 357. The van der Waals surface area contributed by atoms with E-state index in [1.54, 1.807) is 7.11 Å². The maximum absolute atomic E-state index is 6.09. The van der Waals surface area contributed by atoms with Gasteiger partial charge in [0.25, 0.3) is 0 Å². The molecule has 96 valence electrons. The lowest BCUT2D eigenvalue weighted by Gasteiger charge is -2.32. The Labute approximate surface area is 120 Å². The van der Waals surface area contributed by atoms with Crippen LogP contribution in [-0.4, -0.2) is 25.2 Å². The minimum atomic E-state index is -0.363. The molecule has 0 fully saturated rings. The largest absolute Gasteiger partial charge is 0.382 e. The van der Waals surface area contributed by atoms with Gasteiger partial charge in [-0.25, -0.2) is 0 Å². The molecule has 0 radical (unpaired) electrons. The third kappa shape index (κ3) is 4.05. The van der Waals surface area contributed by atoms with Crippen LogP contribution in [0, 0.1) is 0 Å². The zero-order valence-corrected chi connectivity index (χ0v) is 13.5. The first-order valence-corrected chi connectivity index (χ1v) is 7.42. The highest BCUT2D eigenvalue weighted by Crippen LogP contribution is 2.34. The molecule has 0 saturated heterocycles. The maximum Gasteiger partial charge on any atom is 0.101 e. The quantitative estimate of drug-likeness (QED) is 0.706. The molecule has 1 aromatic carbocycles. The summed E-state index contributed by atoms with van der Waals surface area (Å²) in [5.41, 5.74) is 0.776. The fourth-order valence-corrected chi connectivity index (χ4v) is 2.91. The van der Waals surface area contributed by atoms with Crippen LogP contribution in [0.25, 0.3) is 0 Å². The molecule has 0 N–H and O–H groups in total. The number of ether oxygens (including phenoxy) is 2. The van der Waals surface area contributed by atoms with Crippen molar-refractivity contribution in [1.29, 1.82) is 0 Å². The van der Waals surface area contributed by atoms with E-state index in [1.165, 1.54) is 0 Å². The molecule has 2 unspecified atom stereocenters. The summed E-state index contributed by atoms with van der Waals surface area (Å²) in [6, 6.07) is 8.12. The molecule has 0 aliphatic heterocycles. The van der Waals surface area contributed by atoms with Crippen LogP contribution >= 0.6 is 31.9 Å². The lowest BCUT2D eigenvalue weighted by molar-refractivity contribution is -0.0887. The zero-order chi connectivity index (χ0) is 12.9. The first-order valence-electron chi connectivity index (χ1n) is 5.51. The van der Waals surface area contributed by atoms with Gasteiger partial charge in [-0.15, -0.1) is 0 Å². The molecule has 17 heavy (non-hydrogen) atoms. The third-order valence-electron chi connectivity index (χ3n) is 2.56. The Morgan fingerprint density at radius 1 is 1.35 bits per heavy atom. The van der Waals surface area contributed by atoms with Crippen LogP contribution in [0.15, 0.2) is 28.7 Å². The fraction of sp³-hybridized carbons (Fsp3) is 0.538. The molecule has 0 saturated carbocycles. The lowest BCUT2D eigenvalue weighted by atomic mass is 9.98. The van der Waals surface area contributed by atoms with Crippen LogP contribution in [0.1, 0.15) is 19.4 Å². The number of methoxy groups -OCH3 is 1. The third-order valence-corrected chi connectivity index (χ3v) is 4.32.